The van der Waals surface area contributed by atoms with Gasteiger partial charge >= 0.3 is 0 Å². The fourth-order valence-electron chi connectivity index (χ4n) is 5.21. The fraction of sp³-hybridized carbons (Fsp3) is 0.269. The van der Waals surface area contributed by atoms with Crippen molar-refractivity contribution >= 4 is 5.78 Å². The van der Waals surface area contributed by atoms with Gasteiger partial charge in [0.15, 0.2) is 5.78 Å². The molecule has 0 saturated carbocycles. The lowest BCUT2D eigenvalue weighted by Gasteiger charge is -2.43. The van der Waals surface area contributed by atoms with Crippen LogP contribution in [0, 0.1) is 11.8 Å². The van der Waals surface area contributed by atoms with Gasteiger partial charge in [0, 0.05) is 11.8 Å². The van der Waals surface area contributed by atoms with Crippen molar-refractivity contribution in [1.29, 1.82) is 0 Å². The number of fused-ring (bicyclic) bond motifs is 2. The summed E-state index contributed by atoms with van der Waals surface area (Å²) < 4.78 is 0. The van der Waals surface area contributed by atoms with E-state index in [-0.39, 0.29) is 5.41 Å². The first-order valence-corrected chi connectivity index (χ1v) is 10.0. The molecule has 0 heterocycles. The minimum Gasteiger partial charge on any atom is -0.295 e. The molecule has 134 valence electrons. The highest BCUT2D eigenvalue weighted by atomic mass is 16.1. The lowest BCUT2D eigenvalue weighted by atomic mass is 9.61. The highest BCUT2D eigenvalue weighted by Gasteiger charge is 2.40. The average molecular weight is 352 g/mol. The van der Waals surface area contributed by atoms with Crippen LogP contribution >= 0.6 is 0 Å². The maximum atomic E-state index is 11.8. The van der Waals surface area contributed by atoms with Gasteiger partial charge in [-0.05, 0) is 59.4 Å². The molecule has 2 aromatic carbocycles. The summed E-state index contributed by atoms with van der Waals surface area (Å²) in [5, 5.41) is 0. The molecular weight excluding hydrogens is 328 g/mol. The van der Waals surface area contributed by atoms with Gasteiger partial charge in [-0.15, -0.1) is 0 Å². The predicted molar refractivity (Wildman–Crippen MR) is 109 cm³/mol. The summed E-state index contributed by atoms with van der Waals surface area (Å²) in [5.41, 5.74) is 5.32. The summed E-state index contributed by atoms with van der Waals surface area (Å²) in [6.07, 6.45) is 12.9. The van der Waals surface area contributed by atoms with E-state index in [9.17, 15) is 4.79 Å². The van der Waals surface area contributed by atoms with E-state index >= 15 is 0 Å². The van der Waals surface area contributed by atoms with E-state index in [4.69, 9.17) is 0 Å². The molecule has 3 aliphatic carbocycles. The normalized spacial score (nSPS) is 25.9. The summed E-state index contributed by atoms with van der Waals surface area (Å²) in [4.78, 5) is 11.8. The van der Waals surface area contributed by atoms with Gasteiger partial charge in [0.25, 0.3) is 0 Å². The van der Waals surface area contributed by atoms with E-state index in [0.717, 1.165) is 19.3 Å². The van der Waals surface area contributed by atoms with Crippen LogP contribution in [0.1, 0.15) is 36.8 Å². The van der Waals surface area contributed by atoms with Gasteiger partial charge in [-0.2, -0.15) is 0 Å². The van der Waals surface area contributed by atoms with Crippen molar-refractivity contribution in [2.45, 2.75) is 31.1 Å². The standard InChI is InChI=1S/C26H24O/c27-25-12-11-19-16-22-18-26(23-7-3-1-4-8-23,24-9-5-2-6-10-24)14-13-20(22)15-21(19)17-25/h1-10,13-15,17,19,22H,11-12,16,18H2. The van der Waals surface area contributed by atoms with Gasteiger partial charge < -0.3 is 0 Å². The smallest absolute Gasteiger partial charge is 0.155 e. The molecule has 0 amide bonds. The lowest BCUT2D eigenvalue weighted by Crippen LogP contribution is -2.34. The van der Waals surface area contributed by atoms with Crippen LogP contribution in [0.15, 0.2) is 96.1 Å². The van der Waals surface area contributed by atoms with E-state index < -0.39 is 0 Å². The Bertz CT molecular complexity index is 907. The van der Waals surface area contributed by atoms with E-state index in [1.54, 1.807) is 0 Å². The minimum absolute atomic E-state index is 0.0732. The van der Waals surface area contributed by atoms with Crippen molar-refractivity contribution in [2.75, 3.05) is 0 Å². The Morgan fingerprint density at radius 3 is 2.11 bits per heavy atom. The van der Waals surface area contributed by atoms with Crippen molar-refractivity contribution in [3.63, 3.8) is 0 Å². The van der Waals surface area contributed by atoms with Gasteiger partial charge in [0.05, 0.1) is 0 Å². The summed E-state index contributed by atoms with van der Waals surface area (Å²) in [5.74, 6) is 1.39. The van der Waals surface area contributed by atoms with E-state index in [2.05, 4.69) is 78.9 Å². The second-order valence-electron chi connectivity index (χ2n) is 8.16. The molecule has 2 aromatic rings. The fourth-order valence-corrected chi connectivity index (χ4v) is 5.21. The molecule has 0 aliphatic heterocycles. The highest BCUT2D eigenvalue weighted by Crippen LogP contribution is 2.50. The van der Waals surface area contributed by atoms with Crippen LogP contribution in [-0.4, -0.2) is 5.78 Å². The second kappa shape index (κ2) is 6.49. The number of carbonyl (C=O) groups excluding carboxylic acids is 1. The van der Waals surface area contributed by atoms with Crippen LogP contribution in [0.25, 0.3) is 0 Å². The van der Waals surface area contributed by atoms with Crippen molar-refractivity contribution in [1.82, 2.24) is 0 Å². The van der Waals surface area contributed by atoms with Gasteiger partial charge in [0.1, 0.15) is 0 Å². The van der Waals surface area contributed by atoms with Crippen molar-refractivity contribution in [2.24, 2.45) is 11.8 Å². The number of ketones is 1. The van der Waals surface area contributed by atoms with Crippen LogP contribution in [0.4, 0.5) is 0 Å². The maximum absolute atomic E-state index is 11.8. The highest BCUT2D eigenvalue weighted by molar-refractivity contribution is 5.92. The molecule has 1 heteroatoms. The molecule has 0 fully saturated rings. The number of benzene rings is 2. The zero-order chi connectivity index (χ0) is 18.3. The Balaban J connectivity index is 1.62. The Hall–Kier alpha value is -2.67. The summed E-state index contributed by atoms with van der Waals surface area (Å²) in [7, 11) is 0. The summed E-state index contributed by atoms with van der Waals surface area (Å²) in [6.45, 7) is 0. The molecule has 2 atom stereocenters. The van der Waals surface area contributed by atoms with Gasteiger partial charge in [-0.3, -0.25) is 4.79 Å². The third-order valence-electron chi connectivity index (χ3n) is 6.62. The molecule has 0 spiro atoms. The number of hydrogen-bond donors (Lipinski definition) is 0. The lowest BCUT2D eigenvalue weighted by molar-refractivity contribution is -0.115. The SMILES string of the molecule is O=C1C=C2C=C3C=CC(c4ccccc4)(c4ccccc4)CC3CC2CC1. The second-order valence-corrected chi connectivity index (χ2v) is 8.16. The van der Waals surface area contributed by atoms with Crippen molar-refractivity contribution < 1.29 is 4.79 Å². The molecule has 2 unspecified atom stereocenters. The third-order valence-corrected chi connectivity index (χ3v) is 6.62. The third kappa shape index (κ3) is 2.82. The number of rotatable bonds is 2. The molecule has 0 radical (unpaired) electrons. The molecule has 27 heavy (non-hydrogen) atoms. The number of allylic oxidation sites excluding steroid dienone is 6. The van der Waals surface area contributed by atoms with Crippen LogP contribution < -0.4 is 0 Å². The predicted octanol–water partition coefficient (Wildman–Crippen LogP) is 5.78. The van der Waals surface area contributed by atoms with Crippen LogP contribution in [0.5, 0.6) is 0 Å². The quantitative estimate of drug-likeness (QED) is 0.669. The number of carbonyl (C=O) groups is 1. The minimum atomic E-state index is -0.0732. The molecule has 0 bridgehead atoms. The van der Waals surface area contributed by atoms with Gasteiger partial charge in [-0.1, -0.05) is 78.9 Å². The average Bonchev–Trinajstić information content (AvgIpc) is 2.73. The van der Waals surface area contributed by atoms with Gasteiger partial charge in [0.2, 0.25) is 0 Å². The summed E-state index contributed by atoms with van der Waals surface area (Å²) >= 11 is 0. The molecule has 0 aromatic heterocycles. The van der Waals surface area contributed by atoms with Crippen molar-refractivity contribution in [3.8, 4) is 0 Å². The van der Waals surface area contributed by atoms with Crippen LogP contribution in [-0.2, 0) is 10.2 Å². The molecule has 3 aliphatic rings. The Kier molecular flexibility index (Phi) is 3.97. The monoisotopic (exact) mass is 352 g/mol. The van der Waals surface area contributed by atoms with E-state index in [1.165, 1.54) is 22.3 Å². The maximum Gasteiger partial charge on any atom is 0.155 e. The Morgan fingerprint density at radius 2 is 1.44 bits per heavy atom. The van der Waals surface area contributed by atoms with Crippen LogP contribution in [0.3, 0.4) is 0 Å². The van der Waals surface area contributed by atoms with Gasteiger partial charge in [-0.25, -0.2) is 0 Å². The van der Waals surface area contributed by atoms with Crippen molar-refractivity contribution in [3.05, 3.63) is 107 Å². The first-order chi connectivity index (χ1) is 13.2. The summed E-state index contributed by atoms with van der Waals surface area (Å²) in [6, 6.07) is 21.8. The zero-order valence-corrected chi connectivity index (χ0v) is 15.5. The largest absolute Gasteiger partial charge is 0.295 e. The molecular formula is C26H24O. The Morgan fingerprint density at radius 1 is 0.778 bits per heavy atom. The van der Waals surface area contributed by atoms with Crippen LogP contribution in [0.2, 0.25) is 0 Å². The molecule has 1 nitrogen and oxygen atoms in total. The first-order valence-electron chi connectivity index (χ1n) is 10.0. The Labute approximate surface area is 161 Å². The first kappa shape index (κ1) is 16.5. The van der Waals surface area contributed by atoms with E-state index in [0.29, 0.717) is 24.0 Å². The molecule has 0 N–H and O–H groups in total. The molecule has 5 rings (SSSR count). The molecule has 0 saturated heterocycles. The number of hydrogen-bond acceptors (Lipinski definition) is 1. The van der Waals surface area contributed by atoms with E-state index in [1.807, 2.05) is 6.08 Å². The zero-order valence-electron chi connectivity index (χ0n) is 15.5. The topological polar surface area (TPSA) is 17.1 Å².